The van der Waals surface area contributed by atoms with Crippen molar-refractivity contribution in [1.82, 2.24) is 10.2 Å². The van der Waals surface area contributed by atoms with Gasteiger partial charge in [-0.2, -0.15) is 0 Å². The lowest BCUT2D eigenvalue weighted by molar-refractivity contribution is -0.139. The fourth-order valence-corrected chi connectivity index (χ4v) is 6.71. The summed E-state index contributed by atoms with van der Waals surface area (Å²) in [6.45, 7) is 5.10. The number of amides is 2. The van der Waals surface area contributed by atoms with E-state index in [-0.39, 0.29) is 23.4 Å². The normalized spacial score (nSPS) is 14.5. The first-order valence-electron chi connectivity index (χ1n) is 13.6. The van der Waals surface area contributed by atoms with Crippen LogP contribution in [0.15, 0.2) is 77.7 Å². The number of nitrogens with zero attached hydrogens (tertiary/aromatic N) is 2. The number of aryl methyl sites for hydroxylation is 2. The summed E-state index contributed by atoms with van der Waals surface area (Å²) in [6, 6.07) is 19.8. The number of nitrogens with one attached hydrogen (secondary N) is 1. The highest BCUT2D eigenvalue weighted by Gasteiger charge is 2.33. The molecule has 1 N–H and O–H groups in total. The van der Waals surface area contributed by atoms with E-state index < -0.39 is 28.5 Å². The van der Waals surface area contributed by atoms with Gasteiger partial charge in [0, 0.05) is 17.6 Å². The van der Waals surface area contributed by atoms with Gasteiger partial charge in [-0.3, -0.25) is 13.9 Å². The van der Waals surface area contributed by atoms with Crippen LogP contribution in [0.25, 0.3) is 0 Å². The number of anilines is 1. The summed E-state index contributed by atoms with van der Waals surface area (Å²) in [5, 5.41) is 3.64. The molecule has 0 spiro atoms. The highest BCUT2D eigenvalue weighted by atomic mass is 35.5. The highest BCUT2D eigenvalue weighted by molar-refractivity contribution is 7.92. The molecule has 3 aromatic carbocycles. The van der Waals surface area contributed by atoms with Gasteiger partial charge in [-0.05, 0) is 75.1 Å². The third kappa shape index (κ3) is 7.04. The molecule has 1 fully saturated rings. The minimum Gasteiger partial charge on any atom is -0.352 e. The summed E-state index contributed by atoms with van der Waals surface area (Å²) in [4.78, 5) is 28.9. The second-order valence-electron chi connectivity index (χ2n) is 10.4. The van der Waals surface area contributed by atoms with Crippen molar-refractivity contribution in [2.75, 3.05) is 10.8 Å². The third-order valence-corrected chi connectivity index (χ3v) is 9.39. The van der Waals surface area contributed by atoms with E-state index in [0.717, 1.165) is 46.7 Å². The Bertz CT molecular complexity index is 1440. The zero-order valence-corrected chi connectivity index (χ0v) is 24.7. The Morgan fingerprint density at radius 3 is 2.25 bits per heavy atom. The van der Waals surface area contributed by atoms with Crippen LogP contribution in [-0.2, 0) is 26.2 Å². The molecule has 1 atom stereocenters. The van der Waals surface area contributed by atoms with Crippen LogP contribution in [0.4, 0.5) is 5.69 Å². The van der Waals surface area contributed by atoms with Crippen molar-refractivity contribution < 1.29 is 18.0 Å². The quantitative estimate of drug-likeness (QED) is 0.336. The maximum Gasteiger partial charge on any atom is 0.264 e. The van der Waals surface area contributed by atoms with Crippen LogP contribution in [-0.4, -0.2) is 43.8 Å². The average Bonchev–Trinajstić information content (AvgIpc) is 3.45. The topological polar surface area (TPSA) is 86.8 Å². The molecular formula is C31H36ClN3O4S. The minimum atomic E-state index is -4.09. The summed E-state index contributed by atoms with van der Waals surface area (Å²) in [5.41, 5.74) is 2.90. The molecule has 0 aliphatic heterocycles. The van der Waals surface area contributed by atoms with E-state index in [0.29, 0.717) is 10.7 Å². The first-order chi connectivity index (χ1) is 19.1. The van der Waals surface area contributed by atoms with Gasteiger partial charge >= 0.3 is 0 Å². The molecule has 40 heavy (non-hydrogen) atoms. The van der Waals surface area contributed by atoms with Gasteiger partial charge in [0.05, 0.1) is 10.6 Å². The molecule has 4 rings (SSSR count). The van der Waals surface area contributed by atoms with E-state index in [4.69, 9.17) is 11.6 Å². The van der Waals surface area contributed by atoms with Crippen LogP contribution in [0, 0.1) is 13.8 Å². The summed E-state index contributed by atoms with van der Waals surface area (Å²) < 4.78 is 29.0. The van der Waals surface area contributed by atoms with Crippen molar-refractivity contribution in [2.24, 2.45) is 0 Å². The Hall–Kier alpha value is -3.36. The Kier molecular flexibility index (Phi) is 9.53. The standard InChI is InChI=1S/C31H36ClN3O4S/c1-22-13-18-29(23(2)19-22)35(40(38,39)28-11-5-4-6-12-28)21-30(36)34(20-25-14-16-26(32)17-15-25)24(3)31(37)33-27-9-7-8-10-27/h4-6,11-19,24,27H,7-10,20-21H2,1-3H3,(H,33,37)/t24-/m0/s1. The Morgan fingerprint density at radius 1 is 0.975 bits per heavy atom. The Labute approximate surface area is 242 Å². The number of rotatable bonds is 10. The van der Waals surface area contributed by atoms with Crippen LogP contribution in [0.2, 0.25) is 5.02 Å². The highest BCUT2D eigenvalue weighted by Crippen LogP contribution is 2.28. The van der Waals surface area contributed by atoms with Gasteiger partial charge in [0.25, 0.3) is 10.0 Å². The second-order valence-corrected chi connectivity index (χ2v) is 12.7. The van der Waals surface area contributed by atoms with Gasteiger partial charge in [-0.1, -0.05) is 72.5 Å². The number of sulfonamides is 1. The molecule has 0 saturated heterocycles. The smallest absolute Gasteiger partial charge is 0.264 e. The molecule has 212 valence electrons. The van der Waals surface area contributed by atoms with E-state index in [9.17, 15) is 18.0 Å². The number of benzene rings is 3. The van der Waals surface area contributed by atoms with Gasteiger partial charge < -0.3 is 10.2 Å². The van der Waals surface area contributed by atoms with E-state index in [1.807, 2.05) is 26.0 Å². The molecule has 1 aliphatic carbocycles. The Morgan fingerprint density at radius 2 is 1.62 bits per heavy atom. The van der Waals surface area contributed by atoms with Crippen molar-refractivity contribution in [2.45, 2.75) is 70.0 Å². The first-order valence-corrected chi connectivity index (χ1v) is 15.4. The summed E-state index contributed by atoms with van der Waals surface area (Å²) >= 11 is 6.07. The Balaban J connectivity index is 1.70. The van der Waals surface area contributed by atoms with Crippen molar-refractivity contribution >= 4 is 39.1 Å². The van der Waals surface area contributed by atoms with E-state index >= 15 is 0 Å². The molecule has 9 heteroatoms. The summed E-state index contributed by atoms with van der Waals surface area (Å²) in [6.07, 6.45) is 3.96. The molecule has 7 nitrogen and oxygen atoms in total. The fraction of sp³-hybridized carbons (Fsp3) is 0.355. The molecule has 0 heterocycles. The van der Waals surface area contributed by atoms with E-state index in [1.165, 1.54) is 17.0 Å². The predicted octanol–water partition coefficient (Wildman–Crippen LogP) is 5.63. The molecule has 0 radical (unpaired) electrons. The van der Waals surface area contributed by atoms with Crippen molar-refractivity contribution in [3.63, 3.8) is 0 Å². The monoisotopic (exact) mass is 581 g/mol. The number of carbonyl (C=O) groups is 2. The van der Waals surface area contributed by atoms with E-state index in [2.05, 4.69) is 5.32 Å². The lowest BCUT2D eigenvalue weighted by atomic mass is 10.1. The molecule has 2 amide bonds. The van der Waals surface area contributed by atoms with Gasteiger partial charge in [0.2, 0.25) is 11.8 Å². The molecule has 3 aromatic rings. The fourth-order valence-electron chi connectivity index (χ4n) is 5.08. The second kappa shape index (κ2) is 12.9. The lowest BCUT2D eigenvalue weighted by Gasteiger charge is -2.33. The van der Waals surface area contributed by atoms with Gasteiger partial charge in [0.15, 0.2) is 0 Å². The predicted molar refractivity (Wildman–Crippen MR) is 159 cm³/mol. The molecule has 1 aliphatic rings. The minimum absolute atomic E-state index is 0.0825. The molecular weight excluding hydrogens is 546 g/mol. The van der Waals surface area contributed by atoms with Crippen LogP contribution >= 0.6 is 11.6 Å². The SMILES string of the molecule is Cc1ccc(N(CC(=O)N(Cc2ccc(Cl)cc2)[C@@H](C)C(=O)NC2CCCC2)S(=O)(=O)c2ccccc2)c(C)c1. The number of hydrogen-bond acceptors (Lipinski definition) is 4. The summed E-state index contributed by atoms with van der Waals surface area (Å²) in [5.74, 6) is -0.735. The number of hydrogen-bond donors (Lipinski definition) is 1. The van der Waals surface area contributed by atoms with Crippen LogP contribution in [0.3, 0.4) is 0 Å². The molecule has 1 saturated carbocycles. The van der Waals surface area contributed by atoms with Crippen molar-refractivity contribution in [1.29, 1.82) is 0 Å². The lowest BCUT2D eigenvalue weighted by Crippen LogP contribution is -2.52. The molecule has 0 bridgehead atoms. The summed E-state index contributed by atoms with van der Waals surface area (Å²) in [7, 11) is -4.09. The third-order valence-electron chi connectivity index (χ3n) is 7.37. The maximum atomic E-state index is 14.1. The maximum absolute atomic E-state index is 14.1. The first kappa shape index (κ1) is 29.6. The largest absolute Gasteiger partial charge is 0.352 e. The van der Waals surface area contributed by atoms with Crippen LogP contribution in [0.1, 0.15) is 49.3 Å². The number of carbonyl (C=O) groups excluding carboxylic acids is 2. The van der Waals surface area contributed by atoms with Gasteiger partial charge in [-0.25, -0.2) is 8.42 Å². The molecule has 0 aromatic heterocycles. The van der Waals surface area contributed by atoms with Crippen molar-refractivity contribution in [3.05, 3.63) is 94.5 Å². The van der Waals surface area contributed by atoms with Gasteiger partial charge in [0.1, 0.15) is 12.6 Å². The zero-order chi connectivity index (χ0) is 28.9. The van der Waals surface area contributed by atoms with Crippen LogP contribution in [0.5, 0.6) is 0 Å². The molecule has 0 unspecified atom stereocenters. The zero-order valence-electron chi connectivity index (χ0n) is 23.1. The van der Waals surface area contributed by atoms with Crippen molar-refractivity contribution in [3.8, 4) is 0 Å². The number of halogens is 1. The van der Waals surface area contributed by atoms with Crippen LogP contribution < -0.4 is 9.62 Å². The van der Waals surface area contributed by atoms with Gasteiger partial charge in [-0.15, -0.1) is 0 Å². The average molecular weight is 582 g/mol. The van der Waals surface area contributed by atoms with E-state index in [1.54, 1.807) is 55.5 Å².